The van der Waals surface area contributed by atoms with E-state index in [0.29, 0.717) is 56.7 Å². The van der Waals surface area contributed by atoms with Crippen molar-refractivity contribution in [1.29, 1.82) is 0 Å². The van der Waals surface area contributed by atoms with Crippen molar-refractivity contribution in [2.45, 2.75) is 350 Å². The fourth-order valence-electron chi connectivity index (χ4n) is 18.2. The predicted octanol–water partition coefficient (Wildman–Crippen LogP) is 12.8. The molecule has 0 aromatic heterocycles. The Morgan fingerprint density at radius 2 is 0.697 bits per heavy atom. The first-order valence-electron chi connectivity index (χ1n) is 45.6. The van der Waals surface area contributed by atoms with Crippen LogP contribution in [0.5, 0.6) is 0 Å². The fraction of sp³-hybridized carbons (Fsp3) is 0.957. The number of quaternary nitrogens is 4. The van der Waals surface area contributed by atoms with Crippen molar-refractivity contribution in [1.82, 2.24) is 0 Å². The van der Waals surface area contributed by atoms with Crippen molar-refractivity contribution < 1.29 is 107 Å². The van der Waals surface area contributed by atoms with Crippen LogP contribution in [-0.4, -0.2) is 182 Å². The number of hydrogen-bond donors (Lipinski definition) is 0. The Balaban J connectivity index is -0.00000197. The number of halogens is 4. The first kappa shape index (κ1) is 113. The van der Waals surface area contributed by atoms with Crippen LogP contribution in [0.1, 0.15) is 350 Å². The lowest BCUT2D eigenvalue weighted by molar-refractivity contribution is -0.871. The first-order chi connectivity index (χ1) is 50.1. The Kier molecular flexibility index (Phi) is 72.8. The van der Waals surface area contributed by atoms with Gasteiger partial charge in [0.05, 0.1) is 111 Å². The maximum Gasteiger partial charge on any atom is 0.131 e. The lowest BCUT2D eigenvalue weighted by Crippen LogP contribution is -3.00. The predicted molar refractivity (Wildman–Crippen MR) is 450 cm³/mol. The normalized spacial score (nSPS) is 23.6. The van der Waals surface area contributed by atoms with Gasteiger partial charge in [-0.15, -0.1) is 0 Å². The molecule has 9 unspecified atom stereocenters. The van der Waals surface area contributed by atoms with Gasteiger partial charge in [0.2, 0.25) is 0 Å². The van der Waals surface area contributed by atoms with Gasteiger partial charge in [0.15, 0.2) is 0 Å². The van der Waals surface area contributed by atoms with E-state index >= 15 is 0 Å². The molecule has 1 spiro atoms. The summed E-state index contributed by atoms with van der Waals surface area (Å²) >= 11 is 0. The molecule has 0 heterocycles. The summed E-state index contributed by atoms with van der Waals surface area (Å²) in [5.74, 6) is 7.73. The van der Waals surface area contributed by atoms with Crippen LogP contribution < -0.4 is 49.6 Å². The van der Waals surface area contributed by atoms with Gasteiger partial charge in [0.1, 0.15) is 52.6 Å². The molecule has 0 amide bonds. The van der Waals surface area contributed by atoms with E-state index in [1.54, 1.807) is 0 Å². The van der Waals surface area contributed by atoms with E-state index in [2.05, 4.69) is 137 Å². The van der Waals surface area contributed by atoms with Crippen LogP contribution in [0.2, 0.25) is 0 Å². The van der Waals surface area contributed by atoms with Crippen LogP contribution in [-0.2, 0) is 39.1 Å². The van der Waals surface area contributed by atoms with E-state index in [0.717, 1.165) is 112 Å². The van der Waals surface area contributed by atoms with Crippen LogP contribution in [0.3, 0.4) is 0 Å². The van der Waals surface area contributed by atoms with Crippen LogP contribution >= 0.6 is 0 Å². The van der Waals surface area contributed by atoms with Crippen molar-refractivity contribution in [3.63, 3.8) is 0 Å². The summed E-state index contributed by atoms with van der Waals surface area (Å²) in [6.07, 6.45) is 77.6. The molecule has 109 heavy (non-hydrogen) atoms. The molecule has 0 N–H and O–H groups in total. The Labute approximate surface area is 704 Å². The quantitative estimate of drug-likeness (QED) is 0.0196. The molecule has 0 aromatic carbocycles. The third-order valence-electron chi connectivity index (χ3n) is 24.9. The molecule has 12 nitrogen and oxygen atoms in total. The van der Waals surface area contributed by atoms with E-state index in [4.69, 9.17) is 39.1 Å². The third-order valence-corrected chi connectivity index (χ3v) is 24.9. The fourth-order valence-corrected chi connectivity index (χ4v) is 18.2. The van der Waals surface area contributed by atoms with E-state index in [-0.39, 0.29) is 62.5 Å². The number of likely N-dealkylation sites (N-methyl/N-ethyl adjacent to an activating group) is 4. The molecule has 4 aliphatic rings. The van der Waals surface area contributed by atoms with Gasteiger partial charge >= 0.3 is 0 Å². The SMILES string of the molecule is C.CCCCCCC1C=C[C@]2(CCCCCCC2COOCC[N+](C)(C)C)C(/C=C\CCCCCCCCOOCC[N+](C)(C)C)C1CCCCCC.CCCCCCC1CC[C@@H](CCCCCCCCOOCC[N+](C)(C)C)C(CC2CCCCCCC2COOCC[N+](C)(C)C)C1CCCCCC.[Cl-].[Cl-].[Cl-].[Cl-]. The summed E-state index contributed by atoms with van der Waals surface area (Å²) in [6, 6.07) is 0. The number of nitrogens with zero attached hydrogens (tertiary/aromatic N) is 4. The summed E-state index contributed by atoms with van der Waals surface area (Å²) in [6.45, 7) is 18.9. The topological polar surface area (TPSA) is 73.8 Å². The summed E-state index contributed by atoms with van der Waals surface area (Å²) in [5.41, 5.74) is 0.174. The highest BCUT2D eigenvalue weighted by Gasteiger charge is 2.49. The molecule has 16 heteroatoms. The van der Waals surface area contributed by atoms with E-state index < -0.39 is 0 Å². The average Bonchev–Trinajstić information content (AvgIpc) is 0.754. The van der Waals surface area contributed by atoms with Gasteiger partial charge < -0.3 is 67.6 Å². The highest BCUT2D eigenvalue weighted by atomic mass is 35.5. The summed E-state index contributed by atoms with van der Waals surface area (Å²) in [5, 5.41) is 0. The summed E-state index contributed by atoms with van der Waals surface area (Å²) < 4.78 is 3.62. The van der Waals surface area contributed by atoms with Crippen LogP contribution in [0.15, 0.2) is 24.3 Å². The van der Waals surface area contributed by atoms with Crippen molar-refractivity contribution >= 4 is 0 Å². The van der Waals surface area contributed by atoms with Gasteiger partial charge in [-0.3, -0.25) is 0 Å². The van der Waals surface area contributed by atoms with E-state index in [1.165, 1.54) is 302 Å². The van der Waals surface area contributed by atoms with Gasteiger partial charge in [0.25, 0.3) is 0 Å². The average molecular weight is 1630 g/mol. The molecule has 4 rings (SSSR count). The highest BCUT2D eigenvalue weighted by Crippen LogP contribution is 2.56. The standard InChI is InChI=1S/C46H94N2O4.C46H90N2O4.CH4.4ClH/c1-9-11-13-21-27-41-32-33-42(28-22-17-15-16-20-26-36-49-50-37-34-47(3,4)5)46(45(41)31-25-14-12-10-2)39-43-29-23-18-19-24-30-44(43)40-52-51-38-35-48(6,7)8;1-9-11-13-23-29-42-33-35-46(34-27-21-20-24-30-43(46)41-52-51-40-37-48(6,7)8)45(44(42)31-25-14-12-10-2)32-26-19-17-15-16-18-22-28-38-49-50-39-36-47(3,4)5;;;;;/h41-46H,9-40H2,1-8H3;26,32-33,35,42-45H,9-25,27-31,34,36-41H2,1-8H3;1H4;4*1H/q2*+2;;;;;/p-4/b;32-26-;;;;;/t41?,42-,43?,44?,45?,46?;42?,43?,44?,45?,46-;;;;;/m10...../s1. The number of rotatable bonds is 61. The molecule has 11 atom stereocenters. The van der Waals surface area contributed by atoms with Crippen LogP contribution in [0.25, 0.3) is 0 Å². The van der Waals surface area contributed by atoms with Crippen molar-refractivity contribution in [2.24, 2.45) is 64.6 Å². The monoisotopic (exact) mass is 1630 g/mol. The molecule has 3 fully saturated rings. The second-order valence-corrected chi connectivity index (χ2v) is 38.3. The maximum atomic E-state index is 6.16. The molecule has 0 bridgehead atoms. The Morgan fingerprint density at radius 3 is 1.17 bits per heavy atom. The molecule has 3 saturated carbocycles. The van der Waals surface area contributed by atoms with Gasteiger partial charge in [-0.2, -0.15) is 0 Å². The molecule has 0 radical (unpaired) electrons. The van der Waals surface area contributed by atoms with Crippen LogP contribution in [0, 0.1) is 64.6 Å². The van der Waals surface area contributed by atoms with Crippen molar-refractivity contribution in [3.05, 3.63) is 24.3 Å². The minimum Gasteiger partial charge on any atom is -1.00 e. The van der Waals surface area contributed by atoms with Gasteiger partial charge in [0, 0.05) is 0 Å². The first-order valence-corrected chi connectivity index (χ1v) is 45.6. The zero-order chi connectivity index (χ0) is 75.9. The molecular formula is C93H188Cl4N4O8. The highest BCUT2D eigenvalue weighted by molar-refractivity contribution is 5.19. The Hall–Kier alpha value is 0.160. The molecule has 0 aromatic rings. The zero-order valence-electron chi connectivity index (χ0n) is 74.3. The smallest absolute Gasteiger partial charge is 0.131 e. The molecule has 0 aliphatic heterocycles. The molecule has 0 saturated heterocycles. The van der Waals surface area contributed by atoms with Gasteiger partial charge in [-0.1, -0.05) is 291 Å². The van der Waals surface area contributed by atoms with E-state index in [1.807, 2.05) is 0 Å². The summed E-state index contributed by atoms with van der Waals surface area (Å²) in [4.78, 5) is 45.6. The molecule has 4 aliphatic carbocycles. The second kappa shape index (κ2) is 70.0. The van der Waals surface area contributed by atoms with Crippen LogP contribution in [0.4, 0.5) is 0 Å². The minimum atomic E-state index is 0. The third kappa shape index (κ3) is 57.1. The van der Waals surface area contributed by atoms with Crippen molar-refractivity contribution in [2.75, 3.05) is 164 Å². The second-order valence-electron chi connectivity index (χ2n) is 38.3. The number of unbranched alkanes of at least 4 members (excludes halogenated alkanes) is 23. The zero-order valence-corrected chi connectivity index (χ0v) is 77.3. The minimum absolute atomic E-state index is 0. The lowest BCUT2D eigenvalue weighted by atomic mass is 9.53. The Morgan fingerprint density at radius 1 is 0.330 bits per heavy atom. The van der Waals surface area contributed by atoms with Gasteiger partial charge in [-0.05, 0) is 148 Å². The lowest BCUT2D eigenvalue weighted by Gasteiger charge is -2.52. The van der Waals surface area contributed by atoms with Crippen molar-refractivity contribution in [3.8, 4) is 0 Å². The largest absolute Gasteiger partial charge is 1.00 e. The van der Waals surface area contributed by atoms with Gasteiger partial charge in [-0.25, -0.2) is 39.1 Å². The number of allylic oxidation sites excluding steroid dienone is 4. The van der Waals surface area contributed by atoms with E-state index in [9.17, 15) is 0 Å². The maximum absolute atomic E-state index is 6.16. The Bertz CT molecular complexity index is 2020. The summed E-state index contributed by atoms with van der Waals surface area (Å²) in [7, 11) is 26.5. The molecule has 656 valence electrons. The number of hydrogen-bond acceptors (Lipinski definition) is 8. The molecular weight excluding hydrogens is 1440 g/mol.